The van der Waals surface area contributed by atoms with Crippen molar-refractivity contribution in [1.82, 2.24) is 0 Å². The van der Waals surface area contributed by atoms with Gasteiger partial charge in [0.15, 0.2) is 0 Å². The van der Waals surface area contributed by atoms with Gasteiger partial charge in [-0.1, -0.05) is 44.2 Å². The first-order valence-corrected chi connectivity index (χ1v) is 9.90. The molecule has 2 aromatic rings. The van der Waals surface area contributed by atoms with Gasteiger partial charge in [-0.05, 0) is 29.2 Å². The molecule has 0 aliphatic rings. The van der Waals surface area contributed by atoms with Crippen LogP contribution < -0.4 is 10.3 Å². The molecule has 23 heavy (non-hydrogen) atoms. The molecule has 0 aliphatic carbocycles. The number of primary sulfonamides is 2. The van der Waals surface area contributed by atoms with Crippen LogP contribution in [0.15, 0.2) is 52.3 Å². The lowest BCUT2D eigenvalue weighted by atomic mass is 9.97. The predicted molar refractivity (Wildman–Crippen MR) is 88.7 cm³/mol. The summed E-state index contributed by atoms with van der Waals surface area (Å²) in [5, 5.41) is 10.5. The summed E-state index contributed by atoms with van der Waals surface area (Å²) in [5.41, 5.74) is 1.37. The van der Waals surface area contributed by atoms with Crippen molar-refractivity contribution >= 4 is 20.0 Å². The van der Waals surface area contributed by atoms with Crippen molar-refractivity contribution in [3.63, 3.8) is 0 Å². The highest BCUT2D eigenvalue weighted by Gasteiger charge is 2.24. The molecule has 0 spiro atoms. The maximum atomic E-state index is 11.9. The highest BCUT2D eigenvalue weighted by molar-refractivity contribution is 7.90. The van der Waals surface area contributed by atoms with Gasteiger partial charge in [0.1, 0.15) is 0 Å². The van der Waals surface area contributed by atoms with E-state index in [0.29, 0.717) is 5.56 Å². The van der Waals surface area contributed by atoms with E-state index in [-0.39, 0.29) is 21.3 Å². The van der Waals surface area contributed by atoms with Crippen molar-refractivity contribution < 1.29 is 16.8 Å². The van der Waals surface area contributed by atoms with Crippen LogP contribution in [0.4, 0.5) is 0 Å². The fourth-order valence-electron chi connectivity index (χ4n) is 2.32. The van der Waals surface area contributed by atoms with Crippen LogP contribution in [-0.2, 0) is 20.0 Å². The molecule has 0 radical (unpaired) electrons. The third-order valence-electron chi connectivity index (χ3n) is 3.44. The van der Waals surface area contributed by atoms with Crippen LogP contribution in [0.3, 0.4) is 0 Å². The molecule has 0 heterocycles. The minimum atomic E-state index is -4.12. The first-order valence-electron chi connectivity index (χ1n) is 6.81. The second kappa shape index (κ2) is 6.04. The lowest BCUT2D eigenvalue weighted by molar-refractivity contribution is 0.596. The van der Waals surface area contributed by atoms with Gasteiger partial charge in [-0.2, -0.15) is 0 Å². The lowest BCUT2D eigenvalue weighted by Gasteiger charge is -2.14. The molecule has 2 aromatic carbocycles. The Morgan fingerprint density at radius 2 is 1.30 bits per heavy atom. The van der Waals surface area contributed by atoms with Crippen LogP contribution in [0, 0.1) is 0 Å². The first kappa shape index (κ1) is 17.6. The van der Waals surface area contributed by atoms with E-state index in [1.807, 2.05) is 19.9 Å². The molecular formula is C15H18N2O4S2. The van der Waals surface area contributed by atoms with Crippen LogP contribution >= 0.6 is 0 Å². The normalized spacial score (nSPS) is 12.6. The minimum Gasteiger partial charge on any atom is -0.225 e. The molecular weight excluding hydrogens is 336 g/mol. The van der Waals surface area contributed by atoms with Crippen molar-refractivity contribution in [2.75, 3.05) is 0 Å². The van der Waals surface area contributed by atoms with E-state index in [0.717, 1.165) is 5.56 Å². The number of hydrogen-bond acceptors (Lipinski definition) is 4. The quantitative estimate of drug-likeness (QED) is 0.869. The Morgan fingerprint density at radius 1 is 0.826 bits per heavy atom. The third kappa shape index (κ3) is 3.78. The fraction of sp³-hybridized carbons (Fsp3) is 0.200. The third-order valence-corrected chi connectivity index (χ3v) is 5.35. The van der Waals surface area contributed by atoms with E-state index < -0.39 is 20.0 Å². The van der Waals surface area contributed by atoms with E-state index in [1.54, 1.807) is 18.2 Å². The van der Waals surface area contributed by atoms with E-state index >= 15 is 0 Å². The van der Waals surface area contributed by atoms with Gasteiger partial charge >= 0.3 is 0 Å². The number of benzene rings is 2. The van der Waals surface area contributed by atoms with Gasteiger partial charge in [0, 0.05) is 5.56 Å². The summed E-state index contributed by atoms with van der Waals surface area (Å²) in [4.78, 5) is -0.546. The monoisotopic (exact) mass is 354 g/mol. The molecule has 2 rings (SSSR count). The number of nitrogens with two attached hydrogens (primary N) is 2. The molecule has 0 bridgehead atoms. The maximum Gasteiger partial charge on any atom is 0.238 e. The van der Waals surface area contributed by atoms with E-state index in [2.05, 4.69) is 0 Å². The number of sulfonamides is 2. The van der Waals surface area contributed by atoms with Crippen LogP contribution in [0.1, 0.15) is 25.3 Å². The zero-order chi connectivity index (χ0) is 17.4. The van der Waals surface area contributed by atoms with E-state index in [4.69, 9.17) is 10.3 Å². The molecule has 0 atom stereocenters. The molecule has 0 saturated carbocycles. The SMILES string of the molecule is CC(C)c1cccc(-c2c(S(N)(=O)=O)cccc2S(N)(=O)=O)c1. The summed E-state index contributed by atoms with van der Waals surface area (Å²) < 4.78 is 47.5. The second-order valence-electron chi connectivity index (χ2n) is 5.50. The molecule has 0 saturated heterocycles. The van der Waals surface area contributed by atoms with Gasteiger partial charge in [-0.3, -0.25) is 0 Å². The molecule has 0 amide bonds. The molecule has 124 valence electrons. The summed E-state index contributed by atoms with van der Waals surface area (Å²) in [6.45, 7) is 3.95. The Morgan fingerprint density at radius 3 is 1.74 bits per heavy atom. The number of rotatable bonds is 4. The first-order chi connectivity index (χ1) is 10.5. The van der Waals surface area contributed by atoms with Crippen molar-refractivity contribution in [2.24, 2.45) is 10.3 Å². The molecule has 4 N–H and O–H groups in total. The summed E-state index contributed by atoms with van der Waals surface area (Å²) in [6.07, 6.45) is 0. The fourth-order valence-corrected chi connectivity index (χ4v) is 3.95. The minimum absolute atomic E-state index is 0.000000000000000444. The Balaban J connectivity index is 2.92. The Hall–Kier alpha value is -1.74. The topological polar surface area (TPSA) is 120 Å². The van der Waals surface area contributed by atoms with E-state index in [1.165, 1.54) is 18.2 Å². The highest BCUT2D eigenvalue weighted by atomic mass is 32.2. The summed E-state index contributed by atoms with van der Waals surface area (Å²) in [7, 11) is -8.23. The molecule has 0 unspecified atom stereocenters. The molecule has 0 aliphatic heterocycles. The predicted octanol–water partition coefficient (Wildman–Crippen LogP) is 1.77. The zero-order valence-corrected chi connectivity index (χ0v) is 14.4. The summed E-state index contributed by atoms with van der Waals surface area (Å²) >= 11 is 0. The average molecular weight is 354 g/mol. The van der Waals surface area contributed by atoms with Crippen LogP contribution in [0.2, 0.25) is 0 Å². The molecule has 8 heteroatoms. The van der Waals surface area contributed by atoms with Crippen LogP contribution in [0.25, 0.3) is 11.1 Å². The van der Waals surface area contributed by atoms with Crippen LogP contribution in [0.5, 0.6) is 0 Å². The van der Waals surface area contributed by atoms with Crippen molar-refractivity contribution in [3.8, 4) is 11.1 Å². The maximum absolute atomic E-state index is 11.9. The van der Waals surface area contributed by atoms with Gasteiger partial charge < -0.3 is 0 Å². The Kier molecular flexibility index (Phi) is 4.63. The van der Waals surface area contributed by atoms with Crippen LogP contribution in [-0.4, -0.2) is 16.8 Å². The molecule has 6 nitrogen and oxygen atoms in total. The van der Waals surface area contributed by atoms with Gasteiger partial charge in [0.2, 0.25) is 20.0 Å². The zero-order valence-electron chi connectivity index (χ0n) is 12.7. The second-order valence-corrected chi connectivity index (χ2v) is 8.56. The van der Waals surface area contributed by atoms with Crippen molar-refractivity contribution in [3.05, 3.63) is 48.0 Å². The largest absolute Gasteiger partial charge is 0.238 e. The van der Waals surface area contributed by atoms with E-state index in [9.17, 15) is 16.8 Å². The number of hydrogen-bond donors (Lipinski definition) is 2. The van der Waals surface area contributed by atoms with Gasteiger partial charge in [0.25, 0.3) is 0 Å². The highest BCUT2D eigenvalue weighted by Crippen LogP contribution is 2.34. The van der Waals surface area contributed by atoms with Gasteiger partial charge in [-0.25, -0.2) is 27.1 Å². The smallest absolute Gasteiger partial charge is 0.225 e. The Labute approximate surface area is 136 Å². The molecule has 0 fully saturated rings. The lowest BCUT2D eigenvalue weighted by Crippen LogP contribution is -2.18. The van der Waals surface area contributed by atoms with Crippen molar-refractivity contribution in [1.29, 1.82) is 0 Å². The average Bonchev–Trinajstić information content (AvgIpc) is 2.44. The summed E-state index contributed by atoms with van der Waals surface area (Å²) in [5.74, 6) is 0.189. The van der Waals surface area contributed by atoms with Crippen molar-refractivity contribution in [2.45, 2.75) is 29.6 Å². The van der Waals surface area contributed by atoms with Gasteiger partial charge in [-0.15, -0.1) is 0 Å². The van der Waals surface area contributed by atoms with Gasteiger partial charge in [0.05, 0.1) is 9.79 Å². The summed E-state index contributed by atoms with van der Waals surface area (Å²) in [6, 6.07) is 10.8. The Bertz CT molecular complexity index is 899. The standard InChI is InChI=1S/C15H18N2O4S2/c1-10(2)11-5-3-6-12(9-11)15-13(22(16,18)19)7-4-8-14(15)23(17,20)21/h3-10H,1-2H3,(H2,16,18,19)(H2,17,20,21). The molecule has 0 aromatic heterocycles.